The van der Waals surface area contributed by atoms with E-state index in [0.29, 0.717) is 6.04 Å². The Morgan fingerprint density at radius 1 is 1.26 bits per heavy atom. The minimum atomic E-state index is -3.54. The van der Waals surface area contributed by atoms with Gasteiger partial charge in [0, 0.05) is 25.6 Å². The van der Waals surface area contributed by atoms with Crippen LogP contribution >= 0.6 is 0 Å². The largest absolute Gasteiger partial charge is 0.340 e. The van der Waals surface area contributed by atoms with E-state index in [2.05, 4.69) is 11.6 Å². The molecule has 0 radical (unpaired) electrons. The van der Waals surface area contributed by atoms with Crippen LogP contribution in [0.4, 0.5) is 0 Å². The van der Waals surface area contributed by atoms with Crippen molar-refractivity contribution in [3.8, 4) is 0 Å². The zero-order valence-electron chi connectivity index (χ0n) is 13.9. The second-order valence-electron chi connectivity index (χ2n) is 6.11. The molecule has 0 aliphatic carbocycles. The van der Waals surface area contributed by atoms with Crippen molar-refractivity contribution in [2.24, 2.45) is 0 Å². The topological polar surface area (TPSA) is 66.5 Å². The molecule has 1 unspecified atom stereocenters. The molecular formula is C17H26N2O3S. The van der Waals surface area contributed by atoms with E-state index in [4.69, 9.17) is 0 Å². The maximum Gasteiger partial charge on any atom is 0.240 e. The number of rotatable bonds is 6. The number of carbonyl (C=O) groups excluding carboxylic acids is 1. The standard InChI is InChI=1S/C17H26N2O3S/c1-3-15-6-4-5-13-19(15)17(20)11-12-18-23(21,22)16-9-7-14(2)8-10-16/h7-10,15,18H,3-6,11-13H2,1-2H3. The molecule has 128 valence electrons. The van der Waals surface area contributed by atoms with Crippen molar-refractivity contribution in [2.45, 2.75) is 56.9 Å². The van der Waals surface area contributed by atoms with Crippen molar-refractivity contribution >= 4 is 15.9 Å². The second kappa shape index (κ2) is 7.93. The molecule has 5 nitrogen and oxygen atoms in total. The molecule has 2 rings (SSSR count). The first kappa shape index (κ1) is 17.9. The monoisotopic (exact) mass is 338 g/mol. The lowest BCUT2D eigenvalue weighted by molar-refractivity contribution is -0.134. The second-order valence-corrected chi connectivity index (χ2v) is 7.87. The van der Waals surface area contributed by atoms with Crippen LogP contribution in [0.1, 0.15) is 44.6 Å². The lowest BCUT2D eigenvalue weighted by Gasteiger charge is -2.35. The van der Waals surface area contributed by atoms with E-state index >= 15 is 0 Å². The van der Waals surface area contributed by atoms with E-state index in [1.165, 1.54) is 6.42 Å². The van der Waals surface area contributed by atoms with Gasteiger partial charge in [-0.05, 0) is 44.7 Å². The minimum Gasteiger partial charge on any atom is -0.340 e. The van der Waals surface area contributed by atoms with Gasteiger partial charge in [0.2, 0.25) is 15.9 Å². The minimum absolute atomic E-state index is 0.0446. The molecule has 1 saturated heterocycles. The fourth-order valence-electron chi connectivity index (χ4n) is 2.99. The van der Waals surface area contributed by atoms with Gasteiger partial charge >= 0.3 is 0 Å². The Labute approximate surface area is 139 Å². The fraction of sp³-hybridized carbons (Fsp3) is 0.588. The highest BCUT2D eigenvalue weighted by Crippen LogP contribution is 2.20. The van der Waals surface area contributed by atoms with Crippen LogP contribution in [0.2, 0.25) is 0 Å². The van der Waals surface area contributed by atoms with Crippen LogP contribution in [-0.2, 0) is 14.8 Å². The summed E-state index contributed by atoms with van der Waals surface area (Å²) in [5.41, 5.74) is 1.01. The molecule has 1 N–H and O–H groups in total. The smallest absolute Gasteiger partial charge is 0.240 e. The van der Waals surface area contributed by atoms with E-state index in [1.807, 2.05) is 11.8 Å². The molecule has 1 fully saturated rings. The van der Waals surface area contributed by atoms with Gasteiger partial charge in [-0.15, -0.1) is 0 Å². The van der Waals surface area contributed by atoms with Gasteiger partial charge < -0.3 is 4.90 Å². The van der Waals surface area contributed by atoms with Gasteiger partial charge in [0.05, 0.1) is 4.90 Å². The molecule has 1 atom stereocenters. The lowest BCUT2D eigenvalue weighted by atomic mass is 9.99. The summed E-state index contributed by atoms with van der Waals surface area (Å²) < 4.78 is 26.9. The van der Waals surface area contributed by atoms with E-state index in [0.717, 1.165) is 31.4 Å². The molecule has 1 amide bonds. The third-order valence-electron chi connectivity index (χ3n) is 4.38. The van der Waals surface area contributed by atoms with Crippen molar-refractivity contribution in [1.82, 2.24) is 9.62 Å². The van der Waals surface area contributed by atoms with Crippen molar-refractivity contribution in [3.05, 3.63) is 29.8 Å². The Hall–Kier alpha value is -1.40. The van der Waals surface area contributed by atoms with Crippen LogP contribution in [0.5, 0.6) is 0 Å². The SMILES string of the molecule is CCC1CCCCN1C(=O)CCNS(=O)(=O)c1ccc(C)cc1. The number of aryl methyl sites for hydroxylation is 1. The van der Waals surface area contributed by atoms with Gasteiger partial charge in [0.1, 0.15) is 0 Å². The van der Waals surface area contributed by atoms with Crippen LogP contribution in [0.15, 0.2) is 29.2 Å². The van der Waals surface area contributed by atoms with Crippen LogP contribution in [0.3, 0.4) is 0 Å². The van der Waals surface area contributed by atoms with Crippen LogP contribution in [0, 0.1) is 6.92 Å². The molecule has 23 heavy (non-hydrogen) atoms. The van der Waals surface area contributed by atoms with Gasteiger partial charge in [-0.25, -0.2) is 13.1 Å². The summed E-state index contributed by atoms with van der Waals surface area (Å²) in [5, 5.41) is 0. The lowest BCUT2D eigenvalue weighted by Crippen LogP contribution is -2.44. The highest BCUT2D eigenvalue weighted by atomic mass is 32.2. The summed E-state index contributed by atoms with van der Waals surface area (Å²) in [6.07, 6.45) is 4.43. The third kappa shape index (κ3) is 4.78. The Bertz CT molecular complexity index is 626. The number of amides is 1. The predicted molar refractivity (Wildman–Crippen MR) is 90.6 cm³/mol. The molecule has 1 aromatic rings. The number of sulfonamides is 1. The zero-order valence-corrected chi connectivity index (χ0v) is 14.7. The highest BCUT2D eigenvalue weighted by Gasteiger charge is 2.25. The van der Waals surface area contributed by atoms with Crippen molar-refractivity contribution in [3.63, 3.8) is 0 Å². The van der Waals surface area contributed by atoms with E-state index in [9.17, 15) is 13.2 Å². The quantitative estimate of drug-likeness (QED) is 0.866. The number of carbonyl (C=O) groups is 1. The molecule has 1 aromatic carbocycles. The van der Waals surface area contributed by atoms with Gasteiger partial charge in [0.25, 0.3) is 0 Å². The van der Waals surface area contributed by atoms with E-state index in [1.54, 1.807) is 24.3 Å². The number of nitrogens with zero attached hydrogens (tertiary/aromatic N) is 1. The van der Waals surface area contributed by atoms with Gasteiger partial charge in [-0.3, -0.25) is 4.79 Å². The average Bonchev–Trinajstić information content (AvgIpc) is 2.55. The van der Waals surface area contributed by atoms with Crippen LogP contribution < -0.4 is 4.72 Å². The Balaban J connectivity index is 1.88. The van der Waals surface area contributed by atoms with Crippen molar-refractivity contribution in [1.29, 1.82) is 0 Å². The number of benzene rings is 1. The van der Waals surface area contributed by atoms with Gasteiger partial charge in [0.15, 0.2) is 0 Å². The first-order valence-corrected chi connectivity index (χ1v) is 9.78. The zero-order chi connectivity index (χ0) is 16.9. The molecule has 1 aliphatic heterocycles. The molecule has 0 spiro atoms. The number of hydrogen-bond acceptors (Lipinski definition) is 3. The summed E-state index contributed by atoms with van der Waals surface area (Å²) in [7, 11) is -3.54. The Morgan fingerprint density at radius 3 is 2.61 bits per heavy atom. The van der Waals surface area contributed by atoms with Crippen LogP contribution in [-0.4, -0.2) is 38.4 Å². The van der Waals surface area contributed by atoms with Crippen molar-refractivity contribution < 1.29 is 13.2 Å². The summed E-state index contributed by atoms with van der Waals surface area (Å²) >= 11 is 0. The van der Waals surface area contributed by atoms with Crippen molar-refractivity contribution in [2.75, 3.05) is 13.1 Å². The first-order chi connectivity index (χ1) is 10.9. The average molecular weight is 338 g/mol. The Morgan fingerprint density at radius 2 is 1.96 bits per heavy atom. The third-order valence-corrected chi connectivity index (χ3v) is 5.86. The first-order valence-electron chi connectivity index (χ1n) is 8.30. The summed E-state index contributed by atoms with van der Waals surface area (Å²) in [6, 6.07) is 7.00. The molecular weight excluding hydrogens is 312 g/mol. The van der Waals surface area contributed by atoms with Gasteiger partial charge in [-0.1, -0.05) is 24.6 Å². The van der Waals surface area contributed by atoms with Crippen LogP contribution in [0.25, 0.3) is 0 Å². The molecule has 6 heteroatoms. The molecule has 0 saturated carbocycles. The number of hydrogen-bond donors (Lipinski definition) is 1. The molecule has 1 aliphatic rings. The van der Waals surface area contributed by atoms with E-state index in [-0.39, 0.29) is 23.8 Å². The normalized spacial score (nSPS) is 18.9. The maximum atomic E-state index is 12.3. The summed E-state index contributed by atoms with van der Waals surface area (Å²) in [6.45, 7) is 4.94. The predicted octanol–water partition coefficient (Wildman–Crippen LogP) is 2.45. The summed E-state index contributed by atoms with van der Waals surface area (Å²) in [5.74, 6) is 0.0446. The fourth-order valence-corrected chi connectivity index (χ4v) is 4.02. The molecule has 0 aromatic heterocycles. The molecule has 0 bridgehead atoms. The number of nitrogens with one attached hydrogen (secondary N) is 1. The number of likely N-dealkylation sites (tertiary alicyclic amines) is 1. The highest BCUT2D eigenvalue weighted by molar-refractivity contribution is 7.89. The molecule has 1 heterocycles. The van der Waals surface area contributed by atoms with E-state index < -0.39 is 10.0 Å². The Kier molecular flexibility index (Phi) is 6.18. The number of piperidine rings is 1. The summed E-state index contributed by atoms with van der Waals surface area (Å²) in [4.78, 5) is 14.5. The maximum absolute atomic E-state index is 12.3. The van der Waals surface area contributed by atoms with Gasteiger partial charge in [-0.2, -0.15) is 0 Å².